The lowest BCUT2D eigenvalue weighted by Gasteiger charge is -2.16. The summed E-state index contributed by atoms with van der Waals surface area (Å²) >= 11 is 7.29. The van der Waals surface area contributed by atoms with Crippen LogP contribution in [0.3, 0.4) is 0 Å². The van der Waals surface area contributed by atoms with Crippen LogP contribution in [0.25, 0.3) is 33.1 Å². The summed E-state index contributed by atoms with van der Waals surface area (Å²) < 4.78 is 41.4. The number of alkyl halides is 3. The van der Waals surface area contributed by atoms with E-state index in [2.05, 4.69) is 20.4 Å². The van der Waals surface area contributed by atoms with Gasteiger partial charge in [-0.15, -0.1) is 16.4 Å². The van der Waals surface area contributed by atoms with Crippen LogP contribution in [0.2, 0.25) is 4.34 Å². The fourth-order valence-corrected chi connectivity index (χ4v) is 4.09. The predicted molar refractivity (Wildman–Crippen MR) is 103 cm³/mol. The van der Waals surface area contributed by atoms with Crippen LogP contribution >= 0.6 is 22.9 Å². The fourth-order valence-electron chi connectivity index (χ4n) is 2.92. The molecular weight excluding hydrogens is 423 g/mol. The van der Waals surface area contributed by atoms with Gasteiger partial charge in [-0.1, -0.05) is 59.3 Å². The third-order valence-corrected chi connectivity index (χ3v) is 5.42. The minimum atomic E-state index is -4.55. The first kappa shape index (κ1) is 19.1. The van der Waals surface area contributed by atoms with E-state index in [1.165, 1.54) is 6.07 Å². The molecule has 5 nitrogen and oxygen atoms in total. The van der Waals surface area contributed by atoms with Crippen molar-refractivity contribution in [2.45, 2.75) is 6.18 Å². The Morgan fingerprint density at radius 3 is 2.48 bits per heavy atom. The number of hydrogen-bond acceptors (Lipinski definition) is 5. The minimum Gasteiger partial charge on any atom is -0.247 e. The second-order valence-electron chi connectivity index (χ2n) is 5.88. The molecule has 4 aromatic rings. The summed E-state index contributed by atoms with van der Waals surface area (Å²) in [5.74, 6) is 0. The molecule has 0 saturated heterocycles. The molecule has 144 valence electrons. The van der Waals surface area contributed by atoms with Crippen LogP contribution in [0, 0.1) is 11.3 Å². The van der Waals surface area contributed by atoms with Crippen molar-refractivity contribution in [2.24, 2.45) is 0 Å². The molecule has 4 rings (SSSR count). The molecule has 0 aliphatic carbocycles. The molecule has 0 aliphatic rings. The Balaban J connectivity index is 1.96. The zero-order chi connectivity index (χ0) is 20.6. The third kappa shape index (κ3) is 3.48. The molecule has 1 N–H and O–H groups in total. The third-order valence-electron chi connectivity index (χ3n) is 4.13. The number of nitrogens with zero attached hydrogens (tertiary/aromatic N) is 4. The van der Waals surface area contributed by atoms with Crippen LogP contribution in [0.5, 0.6) is 0 Å². The molecule has 0 fully saturated rings. The summed E-state index contributed by atoms with van der Waals surface area (Å²) in [6, 6.07) is 14.1. The summed E-state index contributed by atoms with van der Waals surface area (Å²) in [7, 11) is 0. The molecule has 0 atom stereocenters. The Labute approximate surface area is 171 Å². The predicted octanol–water partition coefficient (Wildman–Crippen LogP) is 5.81. The Bertz CT molecular complexity index is 1220. The fraction of sp³-hybridized carbons (Fsp3) is 0.0526. The number of thiazole rings is 1. The summed E-state index contributed by atoms with van der Waals surface area (Å²) in [6.45, 7) is 0. The van der Waals surface area contributed by atoms with Crippen molar-refractivity contribution < 1.29 is 13.2 Å². The van der Waals surface area contributed by atoms with Gasteiger partial charge in [-0.2, -0.15) is 18.4 Å². The van der Waals surface area contributed by atoms with E-state index in [0.29, 0.717) is 5.56 Å². The smallest absolute Gasteiger partial charge is 0.247 e. The van der Waals surface area contributed by atoms with Crippen molar-refractivity contribution >= 4 is 22.9 Å². The van der Waals surface area contributed by atoms with Gasteiger partial charge >= 0.3 is 6.18 Å². The van der Waals surface area contributed by atoms with Gasteiger partial charge in [0.2, 0.25) is 0 Å². The van der Waals surface area contributed by atoms with Gasteiger partial charge in [0.1, 0.15) is 21.1 Å². The molecule has 10 heteroatoms. The molecule has 29 heavy (non-hydrogen) atoms. The van der Waals surface area contributed by atoms with Crippen LogP contribution in [0.1, 0.15) is 11.3 Å². The van der Waals surface area contributed by atoms with Gasteiger partial charge in [0.25, 0.3) is 0 Å². The zero-order valence-electron chi connectivity index (χ0n) is 14.3. The number of nitriles is 1. The van der Waals surface area contributed by atoms with E-state index in [0.717, 1.165) is 17.4 Å². The van der Waals surface area contributed by atoms with Crippen LogP contribution in [0.15, 0.2) is 48.5 Å². The SMILES string of the molecule is N#Cc1[nH]nnc1-c1nc(-c2cccc(C(F)(F)F)c2-c2ccccc2)sc1Cl. The summed E-state index contributed by atoms with van der Waals surface area (Å²) in [4.78, 5) is 4.39. The first-order valence-corrected chi connectivity index (χ1v) is 9.33. The average Bonchev–Trinajstić information content (AvgIpc) is 3.33. The standard InChI is InChI=1S/C19H9ClF3N5S/c20-17-16(15-13(9-24)26-28-27-15)25-18(29-17)11-7-4-8-12(19(21,22)23)14(11)10-5-2-1-3-6-10/h1-8H,(H,26,27,28). The van der Waals surface area contributed by atoms with E-state index >= 15 is 0 Å². The van der Waals surface area contributed by atoms with E-state index in [9.17, 15) is 13.2 Å². The highest BCUT2D eigenvalue weighted by Gasteiger charge is 2.35. The second-order valence-corrected chi connectivity index (χ2v) is 7.48. The lowest BCUT2D eigenvalue weighted by atomic mass is 9.94. The van der Waals surface area contributed by atoms with Crippen molar-refractivity contribution in [3.8, 4) is 39.2 Å². The van der Waals surface area contributed by atoms with Crippen LogP contribution < -0.4 is 0 Å². The minimum absolute atomic E-state index is 0.0122. The highest BCUT2D eigenvalue weighted by molar-refractivity contribution is 7.19. The highest BCUT2D eigenvalue weighted by Crippen LogP contribution is 2.45. The van der Waals surface area contributed by atoms with Crippen molar-refractivity contribution in [2.75, 3.05) is 0 Å². The van der Waals surface area contributed by atoms with Gasteiger partial charge in [0.05, 0.1) is 5.56 Å². The number of aromatic nitrogens is 4. The van der Waals surface area contributed by atoms with Crippen molar-refractivity contribution in [1.29, 1.82) is 5.26 Å². The van der Waals surface area contributed by atoms with Gasteiger partial charge in [0, 0.05) is 11.1 Å². The largest absolute Gasteiger partial charge is 0.417 e. The Morgan fingerprint density at radius 2 is 1.79 bits per heavy atom. The molecule has 0 amide bonds. The highest BCUT2D eigenvalue weighted by atomic mass is 35.5. The molecule has 0 unspecified atom stereocenters. The normalized spacial score (nSPS) is 11.4. The molecular formula is C19H9ClF3N5S. The lowest BCUT2D eigenvalue weighted by Crippen LogP contribution is -2.08. The van der Waals surface area contributed by atoms with Gasteiger partial charge in [0.15, 0.2) is 11.4 Å². The number of benzene rings is 2. The van der Waals surface area contributed by atoms with Crippen molar-refractivity contribution in [1.82, 2.24) is 20.4 Å². The summed E-state index contributed by atoms with van der Waals surface area (Å²) in [5, 5.41) is 19.2. The number of H-pyrrole nitrogens is 1. The van der Waals surface area contributed by atoms with Gasteiger partial charge < -0.3 is 0 Å². The Morgan fingerprint density at radius 1 is 1.03 bits per heavy atom. The maximum Gasteiger partial charge on any atom is 0.417 e. The quantitative estimate of drug-likeness (QED) is 0.444. The molecule has 0 radical (unpaired) electrons. The second kappa shape index (κ2) is 7.31. The van der Waals surface area contributed by atoms with E-state index in [4.69, 9.17) is 16.9 Å². The van der Waals surface area contributed by atoms with Crippen LogP contribution in [0.4, 0.5) is 13.2 Å². The molecule has 0 aliphatic heterocycles. The number of aromatic amines is 1. The van der Waals surface area contributed by atoms with E-state index in [-0.39, 0.29) is 37.6 Å². The van der Waals surface area contributed by atoms with E-state index in [1.807, 2.05) is 6.07 Å². The maximum atomic E-state index is 13.7. The maximum absolute atomic E-state index is 13.7. The molecule has 0 bridgehead atoms. The monoisotopic (exact) mass is 431 g/mol. The number of rotatable bonds is 3. The number of nitrogens with one attached hydrogen (secondary N) is 1. The van der Waals surface area contributed by atoms with Crippen LogP contribution in [-0.4, -0.2) is 20.4 Å². The molecule has 2 heterocycles. The van der Waals surface area contributed by atoms with E-state index < -0.39 is 11.7 Å². The number of hydrogen-bond donors (Lipinski definition) is 1. The van der Waals surface area contributed by atoms with Gasteiger partial charge in [-0.05, 0) is 11.6 Å². The topological polar surface area (TPSA) is 78.2 Å². The molecule has 2 aromatic heterocycles. The number of halogens is 4. The Kier molecular flexibility index (Phi) is 4.82. The average molecular weight is 432 g/mol. The summed E-state index contributed by atoms with van der Waals surface area (Å²) in [6.07, 6.45) is -4.55. The van der Waals surface area contributed by atoms with Crippen molar-refractivity contribution in [3.05, 3.63) is 64.1 Å². The van der Waals surface area contributed by atoms with Crippen LogP contribution in [-0.2, 0) is 6.18 Å². The zero-order valence-corrected chi connectivity index (χ0v) is 15.9. The van der Waals surface area contributed by atoms with Gasteiger partial charge in [-0.3, -0.25) is 0 Å². The van der Waals surface area contributed by atoms with E-state index in [1.54, 1.807) is 36.4 Å². The molecule has 0 saturated carbocycles. The van der Waals surface area contributed by atoms with Gasteiger partial charge in [-0.25, -0.2) is 10.1 Å². The molecule has 2 aromatic carbocycles. The first-order valence-electron chi connectivity index (χ1n) is 8.14. The van der Waals surface area contributed by atoms with Crippen molar-refractivity contribution in [3.63, 3.8) is 0 Å². The first-order chi connectivity index (χ1) is 13.9. The summed E-state index contributed by atoms with van der Waals surface area (Å²) in [5.41, 5.74) is 0.331. The Hall–Kier alpha value is -3.22. The molecule has 0 spiro atoms. The lowest BCUT2D eigenvalue weighted by molar-refractivity contribution is -0.137.